The number of halogens is 1. The smallest absolute Gasteiger partial charge is 0.251 e. The predicted octanol–water partition coefficient (Wildman–Crippen LogP) is -0.679. The number of hydrogen-bond donors (Lipinski definition) is 3. The number of nitrogens with one attached hydrogen (secondary N) is 3. The summed E-state index contributed by atoms with van der Waals surface area (Å²) in [5.74, 6) is -0.274. The van der Waals surface area contributed by atoms with Gasteiger partial charge in [0, 0.05) is 23.6 Å². The molecular formula is C15H22ClN4O2+. The molecule has 0 atom stereocenters. The number of carbonyl (C=O) groups is 2. The van der Waals surface area contributed by atoms with Crippen LogP contribution in [0, 0.1) is 0 Å². The Bertz CT molecular complexity index is 513. The standard InChI is InChI=1S/C15H21ClN4O2/c1-19-8-10-20(11-9-19)18-14(21)6-7-17-15(22)12-2-4-13(16)5-3-12/h2-5H,6-11H2,1H3,(H,17,22)(H,18,21)/p+1. The van der Waals surface area contributed by atoms with Crippen molar-refractivity contribution in [1.82, 2.24) is 15.8 Å². The highest BCUT2D eigenvalue weighted by Gasteiger charge is 2.18. The Labute approximate surface area is 135 Å². The molecule has 7 heteroatoms. The van der Waals surface area contributed by atoms with E-state index in [1.807, 2.05) is 5.01 Å². The zero-order valence-electron chi connectivity index (χ0n) is 12.7. The van der Waals surface area contributed by atoms with Gasteiger partial charge in [0.25, 0.3) is 5.91 Å². The summed E-state index contributed by atoms with van der Waals surface area (Å²) in [6.07, 6.45) is 0.262. The molecule has 0 unspecified atom stereocenters. The summed E-state index contributed by atoms with van der Waals surface area (Å²) in [5, 5.41) is 5.26. The molecule has 1 heterocycles. The summed E-state index contributed by atoms with van der Waals surface area (Å²) in [5.41, 5.74) is 3.41. The van der Waals surface area contributed by atoms with Crippen LogP contribution in [0.3, 0.4) is 0 Å². The molecular weight excluding hydrogens is 304 g/mol. The Balaban J connectivity index is 1.66. The largest absolute Gasteiger partial charge is 0.352 e. The zero-order chi connectivity index (χ0) is 15.9. The van der Waals surface area contributed by atoms with Crippen LogP contribution in [0.25, 0.3) is 0 Å². The summed E-state index contributed by atoms with van der Waals surface area (Å²) in [6.45, 7) is 4.07. The van der Waals surface area contributed by atoms with Gasteiger partial charge in [-0.15, -0.1) is 0 Å². The van der Waals surface area contributed by atoms with Gasteiger partial charge in [0.15, 0.2) is 0 Å². The third-order valence-corrected chi connectivity index (χ3v) is 3.90. The second kappa shape index (κ2) is 8.12. The first kappa shape index (κ1) is 16.7. The maximum Gasteiger partial charge on any atom is 0.251 e. The van der Waals surface area contributed by atoms with Crippen molar-refractivity contribution >= 4 is 23.4 Å². The number of amides is 2. The molecule has 0 aliphatic carbocycles. The van der Waals surface area contributed by atoms with Crippen LogP contribution in [0.5, 0.6) is 0 Å². The fraction of sp³-hybridized carbons (Fsp3) is 0.467. The van der Waals surface area contributed by atoms with E-state index in [1.54, 1.807) is 24.3 Å². The Kier molecular flexibility index (Phi) is 6.18. The van der Waals surface area contributed by atoms with Crippen LogP contribution >= 0.6 is 11.6 Å². The van der Waals surface area contributed by atoms with E-state index < -0.39 is 0 Å². The summed E-state index contributed by atoms with van der Waals surface area (Å²) in [6, 6.07) is 6.64. The highest BCUT2D eigenvalue weighted by Crippen LogP contribution is 2.09. The van der Waals surface area contributed by atoms with Crippen molar-refractivity contribution in [1.29, 1.82) is 0 Å². The van der Waals surface area contributed by atoms with Crippen molar-refractivity contribution < 1.29 is 14.5 Å². The van der Waals surface area contributed by atoms with E-state index in [9.17, 15) is 9.59 Å². The van der Waals surface area contributed by atoms with Crippen LogP contribution in [0.2, 0.25) is 5.02 Å². The minimum atomic E-state index is -0.201. The number of quaternary nitrogens is 1. The minimum Gasteiger partial charge on any atom is -0.352 e. The highest BCUT2D eigenvalue weighted by atomic mass is 35.5. The fourth-order valence-electron chi connectivity index (χ4n) is 2.23. The molecule has 3 N–H and O–H groups in total. The van der Waals surface area contributed by atoms with Crippen molar-refractivity contribution in [3.8, 4) is 0 Å². The lowest BCUT2D eigenvalue weighted by molar-refractivity contribution is -0.884. The van der Waals surface area contributed by atoms with E-state index in [-0.39, 0.29) is 18.2 Å². The number of likely N-dealkylation sites (N-methyl/N-ethyl adjacent to an activating group) is 1. The molecule has 1 fully saturated rings. The van der Waals surface area contributed by atoms with Crippen molar-refractivity contribution in [2.45, 2.75) is 6.42 Å². The molecule has 2 amide bonds. The molecule has 0 spiro atoms. The second-order valence-electron chi connectivity index (χ2n) is 5.49. The predicted molar refractivity (Wildman–Crippen MR) is 84.7 cm³/mol. The first-order chi connectivity index (χ1) is 10.5. The Hall–Kier alpha value is -1.63. The van der Waals surface area contributed by atoms with Gasteiger partial charge in [0.1, 0.15) is 0 Å². The van der Waals surface area contributed by atoms with Gasteiger partial charge in [0.2, 0.25) is 5.91 Å². The van der Waals surface area contributed by atoms with Gasteiger partial charge in [-0.25, -0.2) is 5.01 Å². The van der Waals surface area contributed by atoms with E-state index in [2.05, 4.69) is 17.8 Å². The normalized spacial score (nSPS) is 16.3. The van der Waals surface area contributed by atoms with Crippen molar-refractivity contribution in [3.05, 3.63) is 34.9 Å². The average molecular weight is 326 g/mol. The van der Waals surface area contributed by atoms with Crippen LogP contribution in [0.4, 0.5) is 0 Å². The number of rotatable bonds is 5. The molecule has 2 rings (SSSR count). The Morgan fingerprint density at radius 3 is 2.50 bits per heavy atom. The average Bonchev–Trinajstić information content (AvgIpc) is 2.50. The maximum absolute atomic E-state index is 11.9. The van der Waals surface area contributed by atoms with E-state index >= 15 is 0 Å². The third kappa shape index (κ3) is 5.29. The van der Waals surface area contributed by atoms with Crippen molar-refractivity contribution in [2.24, 2.45) is 0 Å². The van der Waals surface area contributed by atoms with Crippen LogP contribution in [0.15, 0.2) is 24.3 Å². The molecule has 1 aliphatic heterocycles. The molecule has 22 heavy (non-hydrogen) atoms. The molecule has 1 saturated heterocycles. The molecule has 1 aromatic rings. The minimum absolute atomic E-state index is 0.0732. The second-order valence-corrected chi connectivity index (χ2v) is 5.93. The lowest BCUT2D eigenvalue weighted by Crippen LogP contribution is -3.12. The molecule has 1 aromatic carbocycles. The van der Waals surface area contributed by atoms with Gasteiger partial charge in [-0.3, -0.25) is 15.0 Å². The van der Waals surface area contributed by atoms with Crippen LogP contribution in [-0.4, -0.2) is 56.6 Å². The van der Waals surface area contributed by atoms with Crippen molar-refractivity contribution in [2.75, 3.05) is 39.8 Å². The summed E-state index contributed by atoms with van der Waals surface area (Å²) >= 11 is 5.77. The highest BCUT2D eigenvalue weighted by molar-refractivity contribution is 6.30. The molecule has 6 nitrogen and oxygen atoms in total. The monoisotopic (exact) mass is 325 g/mol. The quantitative estimate of drug-likeness (QED) is 0.672. The fourth-order valence-corrected chi connectivity index (χ4v) is 2.35. The third-order valence-electron chi connectivity index (χ3n) is 3.64. The van der Waals surface area contributed by atoms with E-state index in [1.165, 1.54) is 4.90 Å². The summed E-state index contributed by atoms with van der Waals surface area (Å²) in [4.78, 5) is 25.2. The van der Waals surface area contributed by atoms with Crippen LogP contribution in [-0.2, 0) is 4.79 Å². The number of carbonyl (C=O) groups excluding carboxylic acids is 2. The molecule has 0 radical (unpaired) electrons. The van der Waals surface area contributed by atoms with Gasteiger partial charge in [-0.05, 0) is 24.3 Å². The first-order valence-corrected chi connectivity index (χ1v) is 7.82. The molecule has 120 valence electrons. The number of benzene rings is 1. The molecule has 0 saturated carbocycles. The molecule has 0 aromatic heterocycles. The molecule has 0 bridgehead atoms. The van der Waals surface area contributed by atoms with E-state index in [4.69, 9.17) is 11.6 Å². The van der Waals surface area contributed by atoms with Crippen LogP contribution in [0.1, 0.15) is 16.8 Å². The van der Waals surface area contributed by atoms with Gasteiger partial charge in [0.05, 0.1) is 33.2 Å². The molecule has 1 aliphatic rings. The lowest BCUT2D eigenvalue weighted by Gasteiger charge is -2.30. The number of nitrogens with zero attached hydrogens (tertiary/aromatic N) is 1. The maximum atomic E-state index is 11.9. The lowest BCUT2D eigenvalue weighted by atomic mass is 10.2. The topological polar surface area (TPSA) is 65.9 Å². The number of piperazine rings is 1. The Morgan fingerprint density at radius 2 is 1.86 bits per heavy atom. The summed E-state index contributed by atoms with van der Waals surface area (Å²) in [7, 11) is 2.14. The zero-order valence-corrected chi connectivity index (χ0v) is 13.4. The van der Waals surface area contributed by atoms with Gasteiger partial charge >= 0.3 is 0 Å². The summed E-state index contributed by atoms with van der Waals surface area (Å²) < 4.78 is 0. The van der Waals surface area contributed by atoms with E-state index in [0.717, 1.165) is 26.2 Å². The number of hydrogen-bond acceptors (Lipinski definition) is 3. The SMILES string of the molecule is C[NH+]1CCN(NC(=O)CCNC(=O)c2ccc(Cl)cc2)CC1. The van der Waals surface area contributed by atoms with E-state index in [0.29, 0.717) is 17.1 Å². The van der Waals surface area contributed by atoms with Crippen molar-refractivity contribution in [3.63, 3.8) is 0 Å². The number of hydrazine groups is 1. The van der Waals surface area contributed by atoms with Gasteiger partial charge in [-0.1, -0.05) is 11.6 Å². The Morgan fingerprint density at radius 1 is 1.23 bits per heavy atom. The van der Waals surface area contributed by atoms with Crippen LogP contribution < -0.4 is 15.6 Å². The van der Waals surface area contributed by atoms with Gasteiger partial charge in [-0.2, -0.15) is 0 Å². The van der Waals surface area contributed by atoms with Gasteiger partial charge < -0.3 is 10.2 Å². The first-order valence-electron chi connectivity index (χ1n) is 7.44.